The summed E-state index contributed by atoms with van der Waals surface area (Å²) in [6, 6.07) is 4.35. The lowest BCUT2D eigenvalue weighted by molar-refractivity contribution is -0.147. The number of aromatic hydroxyl groups is 1. The zero-order valence-electron chi connectivity index (χ0n) is 24.0. The minimum Gasteiger partial charge on any atom is -0.501 e. The van der Waals surface area contributed by atoms with Gasteiger partial charge in [0, 0.05) is 40.3 Å². The number of hydrogen-bond donors (Lipinski definition) is 3. The van der Waals surface area contributed by atoms with Gasteiger partial charge in [0.1, 0.15) is 11.6 Å². The molecule has 13 heteroatoms. The van der Waals surface area contributed by atoms with Crippen LogP contribution >= 0.6 is 0 Å². The maximum absolute atomic E-state index is 13.8. The second kappa shape index (κ2) is 10.8. The van der Waals surface area contributed by atoms with Gasteiger partial charge >= 0.3 is 11.8 Å². The molecule has 1 aromatic heterocycles. The number of carbonyl (C=O) groups excluding carboxylic acids is 4. The minimum absolute atomic E-state index is 0.0154. The molecule has 2 fully saturated rings. The Morgan fingerprint density at radius 2 is 1.76 bits per heavy atom. The summed E-state index contributed by atoms with van der Waals surface area (Å²) in [6.07, 6.45) is 2.81. The number of halogens is 1. The molecule has 4 aliphatic rings. The smallest absolute Gasteiger partial charge is 0.311 e. The van der Waals surface area contributed by atoms with E-state index in [1.54, 1.807) is 17.9 Å². The second-order valence-electron chi connectivity index (χ2n) is 11.8. The fourth-order valence-corrected chi connectivity index (χ4v) is 6.33. The molecular weight excluding hydrogens is 547 g/mol. The molecule has 0 atom stereocenters. The third kappa shape index (κ3) is 5.01. The van der Waals surface area contributed by atoms with Gasteiger partial charge < -0.3 is 25.5 Å². The van der Waals surface area contributed by atoms with E-state index < -0.39 is 45.7 Å². The number of aryl methyl sites for hydroxylation is 1. The maximum atomic E-state index is 13.8. The molecule has 6 rings (SSSR count). The highest BCUT2D eigenvalue weighted by molar-refractivity contribution is 6.35. The number of nitrogens with zero attached hydrogens (tertiary/aromatic N) is 4. The minimum atomic E-state index is -1.33. The second-order valence-corrected chi connectivity index (χ2v) is 11.8. The van der Waals surface area contributed by atoms with Crippen LogP contribution in [-0.4, -0.2) is 75.3 Å². The van der Waals surface area contributed by atoms with E-state index in [0.29, 0.717) is 37.1 Å². The summed E-state index contributed by atoms with van der Waals surface area (Å²) in [5.41, 5.74) is -2.75. The SMILES string of the molecule is Cc1cc(CNC(=O)c2nc3n(c(=O)c2O)CC2(C(=O)N4CCCC4)CCC3(NC(=O)C(=O)N(C)C)CC2)ccc1F. The van der Waals surface area contributed by atoms with Crippen LogP contribution in [0.3, 0.4) is 0 Å². The standard InChI is InChI=1S/C29H35FN6O6/c1-17-14-18(6-7-19(17)30)15-31-22(38)20-21(37)24(40)36-16-28(27(42)35-12-4-5-13-35)8-10-29(11-9-28,26(36)32-20)33-23(39)25(41)34(2)3/h6-7,14,37H,4-5,8-13,15-16H2,1-3H3,(H,31,38)(H,33,39). The van der Waals surface area contributed by atoms with Crippen molar-refractivity contribution in [3.8, 4) is 5.75 Å². The molecule has 12 nitrogen and oxygen atoms in total. The Morgan fingerprint density at radius 3 is 2.38 bits per heavy atom. The van der Waals surface area contributed by atoms with E-state index in [0.717, 1.165) is 17.7 Å². The van der Waals surface area contributed by atoms with E-state index in [-0.39, 0.29) is 43.5 Å². The summed E-state index contributed by atoms with van der Waals surface area (Å²) >= 11 is 0. The highest BCUT2D eigenvalue weighted by atomic mass is 19.1. The molecule has 1 saturated carbocycles. The van der Waals surface area contributed by atoms with Crippen LogP contribution in [0.1, 0.15) is 66.0 Å². The summed E-state index contributed by atoms with van der Waals surface area (Å²) < 4.78 is 14.9. The van der Waals surface area contributed by atoms with E-state index >= 15 is 0 Å². The van der Waals surface area contributed by atoms with Gasteiger partial charge in [0.2, 0.25) is 11.7 Å². The number of carbonyl (C=O) groups is 4. The first kappa shape index (κ1) is 29.2. The number of likely N-dealkylation sites (tertiary alicyclic amines) is 1. The number of nitrogens with one attached hydrogen (secondary N) is 2. The van der Waals surface area contributed by atoms with Crippen LogP contribution in [0.25, 0.3) is 0 Å². The summed E-state index contributed by atoms with van der Waals surface area (Å²) in [7, 11) is 2.88. The van der Waals surface area contributed by atoms with Gasteiger partial charge in [0.25, 0.3) is 11.5 Å². The van der Waals surface area contributed by atoms with E-state index in [1.807, 2.05) is 0 Å². The Morgan fingerprint density at radius 1 is 1.10 bits per heavy atom. The molecule has 0 spiro atoms. The zero-order valence-corrected chi connectivity index (χ0v) is 24.0. The maximum Gasteiger partial charge on any atom is 0.311 e. The average molecular weight is 583 g/mol. The van der Waals surface area contributed by atoms with Crippen molar-refractivity contribution in [1.29, 1.82) is 0 Å². The molecule has 1 saturated heterocycles. The summed E-state index contributed by atoms with van der Waals surface area (Å²) in [5, 5.41) is 16.3. The molecule has 3 N–H and O–H groups in total. The summed E-state index contributed by atoms with van der Waals surface area (Å²) in [5.74, 6) is -3.91. The lowest BCUT2D eigenvalue weighted by Gasteiger charge is -2.42. The molecule has 2 aromatic rings. The molecule has 2 bridgehead atoms. The van der Waals surface area contributed by atoms with Crippen molar-refractivity contribution in [3.05, 3.63) is 57.0 Å². The van der Waals surface area contributed by atoms with Gasteiger partial charge in [-0.2, -0.15) is 0 Å². The third-order valence-corrected chi connectivity index (χ3v) is 8.79. The highest BCUT2D eigenvalue weighted by Crippen LogP contribution is 2.50. The molecule has 224 valence electrons. The van der Waals surface area contributed by atoms with Crippen LogP contribution in [-0.2, 0) is 33.0 Å². The van der Waals surface area contributed by atoms with Gasteiger partial charge in [-0.1, -0.05) is 12.1 Å². The van der Waals surface area contributed by atoms with Crippen LogP contribution in [0.4, 0.5) is 4.39 Å². The van der Waals surface area contributed by atoms with Crippen LogP contribution < -0.4 is 16.2 Å². The van der Waals surface area contributed by atoms with Gasteiger partial charge in [0.15, 0.2) is 5.69 Å². The Labute approximate surface area is 241 Å². The van der Waals surface area contributed by atoms with Gasteiger partial charge in [-0.15, -0.1) is 0 Å². The largest absolute Gasteiger partial charge is 0.501 e. The molecule has 1 aliphatic carbocycles. The lowest BCUT2D eigenvalue weighted by atomic mass is 9.67. The zero-order chi connectivity index (χ0) is 30.4. The van der Waals surface area contributed by atoms with E-state index in [2.05, 4.69) is 15.6 Å². The molecular formula is C29H35FN6O6. The Bertz CT molecular complexity index is 1520. The van der Waals surface area contributed by atoms with Crippen molar-refractivity contribution < 1.29 is 28.7 Å². The van der Waals surface area contributed by atoms with Crippen LogP contribution in [0, 0.1) is 18.2 Å². The van der Waals surface area contributed by atoms with E-state index in [9.17, 15) is 33.5 Å². The molecule has 42 heavy (non-hydrogen) atoms. The van der Waals surface area contributed by atoms with Crippen molar-refractivity contribution in [3.63, 3.8) is 0 Å². The third-order valence-electron chi connectivity index (χ3n) is 8.79. The Hall–Kier alpha value is -4.29. The molecule has 4 heterocycles. The normalized spacial score (nSPS) is 22.7. The van der Waals surface area contributed by atoms with Gasteiger partial charge in [0.05, 0.1) is 11.0 Å². The number of amides is 4. The van der Waals surface area contributed by atoms with Crippen molar-refractivity contribution in [1.82, 2.24) is 30.0 Å². The van der Waals surface area contributed by atoms with Gasteiger partial charge in [-0.25, -0.2) is 9.37 Å². The number of likely N-dealkylation sites (N-methyl/N-ethyl adjacent to an activating group) is 1. The predicted octanol–water partition coefficient (Wildman–Crippen LogP) is 0.923. The molecule has 3 aliphatic heterocycles. The first-order chi connectivity index (χ1) is 19.9. The molecule has 0 radical (unpaired) electrons. The highest BCUT2D eigenvalue weighted by Gasteiger charge is 2.55. The quantitative estimate of drug-likeness (QED) is 0.443. The number of rotatable bonds is 5. The predicted molar refractivity (Wildman–Crippen MR) is 148 cm³/mol. The molecule has 1 aromatic carbocycles. The van der Waals surface area contributed by atoms with E-state index in [4.69, 9.17) is 0 Å². The van der Waals surface area contributed by atoms with Gasteiger partial charge in [-0.05, 0) is 62.6 Å². The monoisotopic (exact) mass is 582 g/mol. The average Bonchev–Trinajstić information content (AvgIpc) is 3.42. The van der Waals surface area contributed by atoms with Crippen molar-refractivity contribution >= 4 is 23.6 Å². The lowest BCUT2D eigenvalue weighted by Crippen LogP contribution is -2.55. The Kier molecular flexibility index (Phi) is 7.54. The molecule has 4 amide bonds. The van der Waals surface area contributed by atoms with Gasteiger partial charge in [-0.3, -0.25) is 28.5 Å². The number of fused-ring (bicyclic) bond motifs is 2. The number of aromatic nitrogens is 2. The fraction of sp³-hybridized carbons (Fsp3) is 0.517. The first-order valence-corrected chi connectivity index (χ1v) is 14.1. The fourth-order valence-electron chi connectivity index (χ4n) is 6.33. The van der Waals surface area contributed by atoms with Crippen LogP contribution in [0.15, 0.2) is 23.0 Å². The topological polar surface area (TPSA) is 154 Å². The summed E-state index contributed by atoms with van der Waals surface area (Å²) in [4.78, 5) is 73.6. The van der Waals surface area contributed by atoms with Crippen molar-refractivity contribution in [2.75, 3.05) is 27.2 Å². The number of benzene rings is 1. The summed E-state index contributed by atoms with van der Waals surface area (Å²) in [6.45, 7) is 2.74. The van der Waals surface area contributed by atoms with Crippen molar-refractivity contribution in [2.45, 2.75) is 64.1 Å². The first-order valence-electron chi connectivity index (χ1n) is 14.1. The number of hydrogen-bond acceptors (Lipinski definition) is 7. The van der Waals surface area contributed by atoms with Crippen LogP contribution in [0.5, 0.6) is 5.75 Å². The molecule has 0 unspecified atom stereocenters. The van der Waals surface area contributed by atoms with E-state index in [1.165, 1.54) is 30.8 Å². The Balaban J connectivity index is 1.55. The van der Waals surface area contributed by atoms with Crippen LogP contribution in [0.2, 0.25) is 0 Å². The van der Waals surface area contributed by atoms with Crippen molar-refractivity contribution in [2.24, 2.45) is 5.41 Å².